The second kappa shape index (κ2) is 5.49. The highest BCUT2D eigenvalue weighted by molar-refractivity contribution is 9.10. The minimum Gasteiger partial charge on any atom is -0.478 e. The SMILES string of the molecule is Cc1noc(C)c1S(=O)(=O)Nc1cc(C(=O)O)ccc1Br. The summed E-state index contributed by atoms with van der Waals surface area (Å²) in [6, 6.07) is 4.04. The molecule has 0 radical (unpaired) electrons. The maximum atomic E-state index is 12.4. The minimum absolute atomic E-state index is 0.0327. The molecule has 1 aromatic carbocycles. The number of carbonyl (C=O) groups is 1. The molecule has 0 fully saturated rings. The van der Waals surface area contributed by atoms with Crippen molar-refractivity contribution in [2.45, 2.75) is 18.7 Å². The fraction of sp³-hybridized carbons (Fsp3) is 0.167. The third-order valence-corrected chi connectivity index (χ3v) is 4.99. The molecule has 2 N–H and O–H groups in total. The molecule has 0 spiro atoms. The first-order chi connectivity index (χ1) is 9.72. The van der Waals surface area contributed by atoms with Crippen molar-refractivity contribution in [2.75, 3.05) is 4.72 Å². The number of aryl methyl sites for hydroxylation is 2. The predicted octanol–water partition coefficient (Wildman–Crippen LogP) is 2.55. The lowest BCUT2D eigenvalue weighted by Gasteiger charge is -2.10. The molecule has 0 aliphatic carbocycles. The van der Waals surface area contributed by atoms with Gasteiger partial charge >= 0.3 is 5.97 Å². The fourth-order valence-electron chi connectivity index (χ4n) is 1.79. The van der Waals surface area contributed by atoms with Gasteiger partial charge in [0.05, 0.1) is 11.3 Å². The van der Waals surface area contributed by atoms with E-state index in [1.807, 2.05) is 0 Å². The van der Waals surface area contributed by atoms with Gasteiger partial charge in [0, 0.05) is 4.47 Å². The number of benzene rings is 1. The monoisotopic (exact) mass is 374 g/mol. The van der Waals surface area contributed by atoms with Crippen molar-refractivity contribution in [3.8, 4) is 0 Å². The Bertz CT molecular complexity index is 794. The molecule has 0 aliphatic heterocycles. The van der Waals surface area contributed by atoms with Crippen LogP contribution in [0.5, 0.6) is 0 Å². The number of halogens is 1. The number of carboxylic acid groups (broad SMARTS) is 1. The Morgan fingerprint density at radius 3 is 2.57 bits per heavy atom. The minimum atomic E-state index is -3.93. The molecular weight excluding hydrogens is 364 g/mol. The van der Waals surface area contributed by atoms with E-state index in [-0.39, 0.29) is 27.6 Å². The van der Waals surface area contributed by atoms with Gasteiger partial charge in [-0.15, -0.1) is 0 Å². The molecule has 1 heterocycles. The molecule has 0 bridgehead atoms. The van der Waals surface area contributed by atoms with Crippen LogP contribution in [0.3, 0.4) is 0 Å². The summed E-state index contributed by atoms with van der Waals surface area (Å²) >= 11 is 3.17. The Morgan fingerprint density at radius 1 is 1.38 bits per heavy atom. The number of aromatic carboxylic acids is 1. The van der Waals surface area contributed by atoms with Gasteiger partial charge in [-0.05, 0) is 48.0 Å². The highest BCUT2D eigenvalue weighted by Gasteiger charge is 2.25. The fourth-order valence-corrected chi connectivity index (χ4v) is 3.67. The van der Waals surface area contributed by atoms with Gasteiger partial charge in [-0.25, -0.2) is 13.2 Å². The molecule has 9 heteroatoms. The Labute approximate surface area is 129 Å². The zero-order chi connectivity index (χ0) is 15.8. The van der Waals surface area contributed by atoms with Crippen LogP contribution in [0, 0.1) is 13.8 Å². The van der Waals surface area contributed by atoms with Crippen molar-refractivity contribution < 1.29 is 22.8 Å². The van der Waals surface area contributed by atoms with Crippen LogP contribution in [-0.2, 0) is 10.0 Å². The maximum absolute atomic E-state index is 12.4. The van der Waals surface area contributed by atoms with Crippen LogP contribution in [0.15, 0.2) is 32.1 Å². The van der Waals surface area contributed by atoms with Gasteiger partial charge in [0.25, 0.3) is 10.0 Å². The van der Waals surface area contributed by atoms with Crippen molar-refractivity contribution in [3.63, 3.8) is 0 Å². The van der Waals surface area contributed by atoms with Gasteiger partial charge in [0.1, 0.15) is 5.69 Å². The standard InChI is InChI=1S/C12H11BrN2O5S/c1-6-11(7(2)20-14-6)21(18,19)15-10-5-8(12(16)17)3-4-9(10)13/h3-5,15H,1-2H3,(H,16,17). The summed E-state index contributed by atoms with van der Waals surface area (Å²) < 4.78 is 32.3. The first kappa shape index (κ1) is 15.5. The number of carboxylic acids is 1. The van der Waals surface area contributed by atoms with Crippen LogP contribution in [0.1, 0.15) is 21.8 Å². The number of aromatic nitrogens is 1. The van der Waals surface area contributed by atoms with Crippen molar-refractivity contribution >= 4 is 37.6 Å². The number of nitrogens with one attached hydrogen (secondary N) is 1. The molecule has 21 heavy (non-hydrogen) atoms. The van der Waals surface area contributed by atoms with E-state index in [0.29, 0.717) is 4.47 Å². The van der Waals surface area contributed by atoms with Crippen LogP contribution < -0.4 is 4.72 Å². The average molecular weight is 375 g/mol. The highest BCUT2D eigenvalue weighted by atomic mass is 79.9. The second-order valence-corrected chi connectivity index (χ2v) is 6.73. The Kier molecular flexibility index (Phi) is 4.06. The lowest BCUT2D eigenvalue weighted by atomic mass is 10.2. The molecule has 7 nitrogen and oxygen atoms in total. The Hall–Kier alpha value is -1.87. The van der Waals surface area contributed by atoms with E-state index < -0.39 is 16.0 Å². The summed E-state index contributed by atoms with van der Waals surface area (Å²) in [5, 5.41) is 12.5. The lowest BCUT2D eigenvalue weighted by Crippen LogP contribution is -2.15. The van der Waals surface area contributed by atoms with Gasteiger partial charge < -0.3 is 9.63 Å². The molecule has 0 saturated carbocycles. The molecule has 0 aliphatic rings. The maximum Gasteiger partial charge on any atom is 0.335 e. The van der Waals surface area contributed by atoms with Crippen LogP contribution in [0.2, 0.25) is 0 Å². The zero-order valence-corrected chi connectivity index (χ0v) is 13.4. The van der Waals surface area contributed by atoms with Crippen molar-refractivity contribution in [1.82, 2.24) is 5.16 Å². The average Bonchev–Trinajstić information content (AvgIpc) is 2.71. The summed E-state index contributed by atoms with van der Waals surface area (Å²) in [7, 11) is -3.93. The molecule has 1 aromatic heterocycles. The summed E-state index contributed by atoms with van der Waals surface area (Å²) in [6.07, 6.45) is 0. The Balaban J connectivity index is 2.46. The largest absolute Gasteiger partial charge is 0.478 e. The lowest BCUT2D eigenvalue weighted by molar-refractivity contribution is 0.0697. The van der Waals surface area contributed by atoms with Gasteiger partial charge in [-0.1, -0.05) is 5.16 Å². The van der Waals surface area contributed by atoms with E-state index in [2.05, 4.69) is 25.8 Å². The zero-order valence-electron chi connectivity index (χ0n) is 11.0. The second-order valence-electron chi connectivity index (χ2n) is 4.26. The number of hydrogen-bond donors (Lipinski definition) is 2. The number of rotatable bonds is 4. The quantitative estimate of drug-likeness (QED) is 0.850. The van der Waals surface area contributed by atoms with Crippen molar-refractivity contribution in [2.24, 2.45) is 0 Å². The highest BCUT2D eigenvalue weighted by Crippen LogP contribution is 2.28. The first-order valence-electron chi connectivity index (χ1n) is 5.71. The van der Waals surface area contributed by atoms with Crippen molar-refractivity contribution in [1.29, 1.82) is 0 Å². The topological polar surface area (TPSA) is 110 Å². The molecule has 0 saturated heterocycles. The normalized spacial score (nSPS) is 11.4. The van der Waals surface area contributed by atoms with Crippen LogP contribution in [0.4, 0.5) is 5.69 Å². The van der Waals surface area contributed by atoms with Gasteiger partial charge in [-0.3, -0.25) is 4.72 Å². The predicted molar refractivity (Wildman–Crippen MR) is 77.9 cm³/mol. The summed E-state index contributed by atoms with van der Waals surface area (Å²) in [5.74, 6) is -0.995. The molecule has 0 atom stereocenters. The third kappa shape index (κ3) is 3.08. The van der Waals surface area contributed by atoms with E-state index in [1.165, 1.54) is 32.0 Å². The van der Waals surface area contributed by atoms with Crippen molar-refractivity contribution in [3.05, 3.63) is 39.7 Å². The number of hydrogen-bond acceptors (Lipinski definition) is 5. The van der Waals surface area contributed by atoms with Crippen LogP contribution >= 0.6 is 15.9 Å². The smallest absolute Gasteiger partial charge is 0.335 e. The molecule has 2 aromatic rings. The molecule has 2 rings (SSSR count). The van der Waals surface area contributed by atoms with E-state index >= 15 is 0 Å². The summed E-state index contributed by atoms with van der Waals surface area (Å²) in [5.41, 5.74) is 0.315. The third-order valence-electron chi connectivity index (χ3n) is 2.69. The van der Waals surface area contributed by atoms with Gasteiger partial charge in [-0.2, -0.15) is 0 Å². The van der Waals surface area contributed by atoms with E-state index in [0.717, 1.165) is 0 Å². The van der Waals surface area contributed by atoms with Crippen LogP contribution in [0.25, 0.3) is 0 Å². The summed E-state index contributed by atoms with van der Waals surface area (Å²) in [4.78, 5) is 10.9. The van der Waals surface area contributed by atoms with Crippen LogP contribution in [-0.4, -0.2) is 24.7 Å². The number of sulfonamides is 1. The first-order valence-corrected chi connectivity index (χ1v) is 7.98. The Morgan fingerprint density at radius 2 is 2.05 bits per heavy atom. The molecular formula is C12H11BrN2O5S. The van der Waals surface area contributed by atoms with Gasteiger partial charge in [0.15, 0.2) is 10.7 Å². The van der Waals surface area contributed by atoms with Gasteiger partial charge in [0.2, 0.25) is 0 Å². The molecule has 0 amide bonds. The van der Waals surface area contributed by atoms with E-state index in [4.69, 9.17) is 9.63 Å². The summed E-state index contributed by atoms with van der Waals surface area (Å²) in [6.45, 7) is 2.99. The number of anilines is 1. The molecule has 0 unspecified atom stereocenters. The molecule has 112 valence electrons. The van der Waals surface area contributed by atoms with E-state index in [9.17, 15) is 13.2 Å². The van der Waals surface area contributed by atoms with E-state index in [1.54, 1.807) is 0 Å². The number of nitrogens with zero attached hydrogens (tertiary/aromatic N) is 1.